The Labute approximate surface area is 100 Å². The highest BCUT2D eigenvalue weighted by atomic mass is 32.2. The molecule has 0 saturated heterocycles. The summed E-state index contributed by atoms with van der Waals surface area (Å²) in [5, 5.41) is 9.46. The maximum atomic E-state index is 11.9. The van der Waals surface area contributed by atoms with Gasteiger partial charge in [0.1, 0.15) is 10.6 Å². The minimum absolute atomic E-state index is 0.0806. The van der Waals surface area contributed by atoms with Crippen LogP contribution in [0.25, 0.3) is 0 Å². The van der Waals surface area contributed by atoms with Gasteiger partial charge in [-0.1, -0.05) is 12.1 Å². The van der Waals surface area contributed by atoms with Gasteiger partial charge in [-0.05, 0) is 25.3 Å². The molecule has 1 atom stereocenters. The van der Waals surface area contributed by atoms with E-state index < -0.39 is 10.0 Å². The second kappa shape index (κ2) is 5.56. The Morgan fingerprint density at radius 1 is 1.44 bits per heavy atom. The van der Waals surface area contributed by atoms with E-state index >= 15 is 0 Å². The lowest BCUT2D eigenvalue weighted by molar-refractivity contribution is 0.457. The summed E-state index contributed by atoms with van der Waals surface area (Å²) < 4.78 is 26.2. The van der Waals surface area contributed by atoms with Crippen molar-refractivity contribution in [2.75, 3.05) is 12.0 Å². The fourth-order valence-corrected chi connectivity index (χ4v) is 3.33. The molecular formula is C10H15NO3S2. The van der Waals surface area contributed by atoms with Crippen molar-refractivity contribution in [1.29, 1.82) is 0 Å². The second-order valence-corrected chi connectivity index (χ2v) is 6.04. The molecule has 4 nitrogen and oxygen atoms in total. The van der Waals surface area contributed by atoms with E-state index in [1.807, 2.05) is 6.26 Å². The molecule has 0 aliphatic rings. The first-order chi connectivity index (χ1) is 7.47. The highest BCUT2D eigenvalue weighted by Crippen LogP contribution is 2.21. The van der Waals surface area contributed by atoms with Crippen LogP contribution in [0.1, 0.15) is 6.92 Å². The lowest BCUT2D eigenvalue weighted by atomic mass is 10.3. The number of hydrogen-bond donors (Lipinski definition) is 2. The molecular weight excluding hydrogens is 246 g/mol. The number of para-hydroxylation sites is 1. The minimum atomic E-state index is -3.63. The third-order valence-electron chi connectivity index (χ3n) is 1.93. The number of thioether (sulfide) groups is 1. The molecule has 0 radical (unpaired) electrons. The monoisotopic (exact) mass is 261 g/mol. The van der Waals surface area contributed by atoms with E-state index in [0.29, 0.717) is 5.75 Å². The van der Waals surface area contributed by atoms with Crippen LogP contribution in [0, 0.1) is 0 Å². The molecule has 0 saturated carbocycles. The molecule has 0 heterocycles. The summed E-state index contributed by atoms with van der Waals surface area (Å²) >= 11 is 1.56. The molecule has 16 heavy (non-hydrogen) atoms. The van der Waals surface area contributed by atoms with E-state index in [-0.39, 0.29) is 16.7 Å². The molecule has 0 fully saturated rings. The smallest absolute Gasteiger partial charge is 0.244 e. The number of hydrogen-bond acceptors (Lipinski definition) is 4. The molecule has 90 valence electrons. The SMILES string of the molecule is CSCC(C)NS(=O)(=O)c1ccccc1O. The zero-order valence-electron chi connectivity index (χ0n) is 9.17. The first-order valence-corrected chi connectivity index (χ1v) is 7.64. The van der Waals surface area contributed by atoms with Gasteiger partial charge in [0, 0.05) is 11.8 Å². The molecule has 1 unspecified atom stereocenters. The fraction of sp³-hybridized carbons (Fsp3) is 0.400. The molecule has 0 amide bonds. The normalized spacial score (nSPS) is 13.6. The van der Waals surface area contributed by atoms with Crippen molar-refractivity contribution in [3.8, 4) is 5.75 Å². The standard InChI is InChI=1S/C10H15NO3S2/c1-8(7-15-2)11-16(13,14)10-6-4-3-5-9(10)12/h3-6,8,11-12H,7H2,1-2H3. The van der Waals surface area contributed by atoms with Gasteiger partial charge in [0.05, 0.1) is 0 Å². The molecule has 1 aromatic carbocycles. The molecule has 1 aromatic rings. The molecule has 0 bridgehead atoms. The van der Waals surface area contributed by atoms with Crippen LogP contribution >= 0.6 is 11.8 Å². The first kappa shape index (κ1) is 13.3. The number of phenols is 1. The molecule has 2 N–H and O–H groups in total. The summed E-state index contributed by atoms with van der Waals surface area (Å²) in [5.74, 6) is 0.457. The number of benzene rings is 1. The lowest BCUT2D eigenvalue weighted by Crippen LogP contribution is -2.34. The first-order valence-electron chi connectivity index (χ1n) is 4.76. The van der Waals surface area contributed by atoms with Gasteiger partial charge in [-0.3, -0.25) is 0 Å². The van der Waals surface area contributed by atoms with Gasteiger partial charge in [0.2, 0.25) is 10.0 Å². The van der Waals surface area contributed by atoms with Gasteiger partial charge < -0.3 is 5.11 Å². The van der Waals surface area contributed by atoms with Crippen molar-refractivity contribution in [2.45, 2.75) is 17.9 Å². The van der Waals surface area contributed by atoms with Crippen molar-refractivity contribution < 1.29 is 13.5 Å². The summed E-state index contributed by atoms with van der Waals surface area (Å²) in [5.41, 5.74) is 0. The van der Waals surface area contributed by atoms with Gasteiger partial charge >= 0.3 is 0 Å². The summed E-state index contributed by atoms with van der Waals surface area (Å²) in [7, 11) is -3.63. The van der Waals surface area contributed by atoms with Crippen molar-refractivity contribution in [3.05, 3.63) is 24.3 Å². The van der Waals surface area contributed by atoms with Crippen molar-refractivity contribution in [3.63, 3.8) is 0 Å². The molecule has 0 spiro atoms. The fourth-order valence-electron chi connectivity index (χ4n) is 1.30. The predicted octanol–water partition coefficient (Wildman–Crippen LogP) is 1.42. The van der Waals surface area contributed by atoms with E-state index in [0.717, 1.165) is 0 Å². The van der Waals surface area contributed by atoms with Crippen molar-refractivity contribution in [1.82, 2.24) is 4.72 Å². The quantitative estimate of drug-likeness (QED) is 0.841. The third-order valence-corrected chi connectivity index (χ3v) is 4.40. The average molecular weight is 261 g/mol. The predicted molar refractivity (Wildman–Crippen MR) is 66.3 cm³/mol. The second-order valence-electron chi connectivity index (χ2n) is 3.45. The van der Waals surface area contributed by atoms with Crippen LogP contribution in [-0.2, 0) is 10.0 Å². The number of rotatable bonds is 5. The van der Waals surface area contributed by atoms with Crippen LogP contribution in [0.2, 0.25) is 0 Å². The van der Waals surface area contributed by atoms with E-state index in [9.17, 15) is 13.5 Å². The zero-order chi connectivity index (χ0) is 12.2. The average Bonchev–Trinajstić information content (AvgIpc) is 2.17. The Bertz CT molecular complexity index is 445. The highest BCUT2D eigenvalue weighted by molar-refractivity contribution is 7.98. The summed E-state index contributed by atoms with van der Waals surface area (Å²) in [4.78, 5) is -0.0806. The van der Waals surface area contributed by atoms with E-state index in [4.69, 9.17) is 0 Å². The third kappa shape index (κ3) is 3.40. The van der Waals surface area contributed by atoms with Crippen LogP contribution in [0.15, 0.2) is 29.2 Å². The number of phenolic OH excluding ortho intramolecular Hbond substituents is 1. The van der Waals surface area contributed by atoms with Gasteiger partial charge in [0.15, 0.2) is 0 Å². The van der Waals surface area contributed by atoms with Gasteiger partial charge in [-0.15, -0.1) is 0 Å². The Balaban J connectivity index is 2.91. The summed E-state index contributed by atoms with van der Waals surface area (Å²) in [6.45, 7) is 1.79. The summed E-state index contributed by atoms with van der Waals surface area (Å²) in [6, 6.07) is 5.73. The maximum Gasteiger partial charge on any atom is 0.244 e. The molecule has 6 heteroatoms. The molecule has 0 aromatic heterocycles. The van der Waals surface area contributed by atoms with Crippen LogP contribution in [0.3, 0.4) is 0 Å². The Morgan fingerprint density at radius 3 is 2.62 bits per heavy atom. The van der Waals surface area contributed by atoms with E-state index in [2.05, 4.69) is 4.72 Å². The number of sulfonamides is 1. The minimum Gasteiger partial charge on any atom is -0.507 e. The largest absolute Gasteiger partial charge is 0.507 e. The lowest BCUT2D eigenvalue weighted by Gasteiger charge is -2.13. The van der Waals surface area contributed by atoms with Crippen LogP contribution in [-0.4, -0.2) is 31.6 Å². The zero-order valence-corrected chi connectivity index (χ0v) is 10.8. The highest BCUT2D eigenvalue weighted by Gasteiger charge is 2.19. The van der Waals surface area contributed by atoms with Crippen molar-refractivity contribution >= 4 is 21.8 Å². The van der Waals surface area contributed by atoms with Gasteiger partial charge in [0.25, 0.3) is 0 Å². The van der Waals surface area contributed by atoms with Gasteiger partial charge in [-0.2, -0.15) is 11.8 Å². The van der Waals surface area contributed by atoms with Crippen molar-refractivity contribution in [2.24, 2.45) is 0 Å². The Kier molecular flexibility index (Phi) is 4.64. The maximum absolute atomic E-state index is 11.9. The van der Waals surface area contributed by atoms with Crippen LogP contribution in [0.5, 0.6) is 5.75 Å². The number of aromatic hydroxyl groups is 1. The Hall–Kier alpha value is -0.720. The van der Waals surface area contributed by atoms with Crippen LogP contribution in [0.4, 0.5) is 0 Å². The van der Waals surface area contributed by atoms with E-state index in [1.165, 1.54) is 12.1 Å². The Morgan fingerprint density at radius 2 is 2.06 bits per heavy atom. The topological polar surface area (TPSA) is 66.4 Å². The molecule has 1 rings (SSSR count). The van der Waals surface area contributed by atoms with Crippen LogP contribution < -0.4 is 4.72 Å². The van der Waals surface area contributed by atoms with E-state index in [1.54, 1.807) is 30.8 Å². The number of nitrogens with one attached hydrogen (secondary N) is 1. The van der Waals surface area contributed by atoms with Gasteiger partial charge in [-0.25, -0.2) is 13.1 Å². The summed E-state index contributed by atoms with van der Waals surface area (Å²) in [6.07, 6.45) is 1.91. The molecule has 0 aliphatic heterocycles. The molecule has 0 aliphatic carbocycles.